The maximum atomic E-state index is 12.3. The van der Waals surface area contributed by atoms with E-state index in [2.05, 4.69) is 6.07 Å². The number of hydrogen-bond donors (Lipinski definition) is 1. The van der Waals surface area contributed by atoms with Crippen LogP contribution in [0.4, 0.5) is 0 Å². The van der Waals surface area contributed by atoms with Crippen molar-refractivity contribution in [2.75, 3.05) is 7.05 Å². The Bertz CT molecular complexity index is 504. The molecule has 0 bridgehead atoms. The molecule has 2 unspecified atom stereocenters. The lowest BCUT2D eigenvalue weighted by molar-refractivity contribution is -0.134. The third-order valence-electron chi connectivity index (χ3n) is 4.02. The molecule has 1 aliphatic carbocycles. The number of nitrogens with zero attached hydrogens (tertiary/aromatic N) is 2. The summed E-state index contributed by atoms with van der Waals surface area (Å²) in [6.07, 6.45) is 3.66. The predicted octanol–water partition coefficient (Wildman–Crippen LogP) is 1.86. The molecule has 0 saturated heterocycles. The van der Waals surface area contributed by atoms with Crippen molar-refractivity contribution in [1.29, 1.82) is 5.26 Å². The standard InChI is InChI=1S/C16H20N2O2/c1-18(14-4-2-3-5-15(14)19)16(20)10-12-6-8-13(11-17)9-7-12/h6-9,14-15,19H,2-5,10H2,1H3. The van der Waals surface area contributed by atoms with Gasteiger partial charge in [0.15, 0.2) is 0 Å². The van der Waals surface area contributed by atoms with E-state index in [0.29, 0.717) is 12.0 Å². The average Bonchev–Trinajstić information content (AvgIpc) is 2.48. The van der Waals surface area contributed by atoms with Crippen molar-refractivity contribution in [2.45, 2.75) is 44.2 Å². The molecule has 1 N–H and O–H groups in total. The lowest BCUT2D eigenvalue weighted by Crippen LogP contribution is -2.46. The van der Waals surface area contributed by atoms with Crippen molar-refractivity contribution in [3.05, 3.63) is 35.4 Å². The Morgan fingerprint density at radius 3 is 2.60 bits per heavy atom. The maximum absolute atomic E-state index is 12.3. The van der Waals surface area contributed by atoms with Crippen molar-refractivity contribution in [3.63, 3.8) is 0 Å². The number of aliphatic hydroxyl groups is 1. The number of nitriles is 1. The molecule has 20 heavy (non-hydrogen) atoms. The van der Waals surface area contributed by atoms with Crippen molar-refractivity contribution in [3.8, 4) is 6.07 Å². The Labute approximate surface area is 119 Å². The van der Waals surface area contributed by atoms with E-state index in [1.54, 1.807) is 24.1 Å². The summed E-state index contributed by atoms with van der Waals surface area (Å²) in [5, 5.41) is 18.7. The van der Waals surface area contributed by atoms with Crippen LogP contribution in [-0.2, 0) is 11.2 Å². The summed E-state index contributed by atoms with van der Waals surface area (Å²) in [6.45, 7) is 0. The smallest absolute Gasteiger partial charge is 0.227 e. The highest BCUT2D eigenvalue weighted by atomic mass is 16.3. The SMILES string of the molecule is CN(C(=O)Cc1ccc(C#N)cc1)C1CCCCC1O. The largest absolute Gasteiger partial charge is 0.391 e. The van der Waals surface area contributed by atoms with Gasteiger partial charge in [0, 0.05) is 7.05 Å². The number of amides is 1. The molecular formula is C16H20N2O2. The Morgan fingerprint density at radius 1 is 1.35 bits per heavy atom. The van der Waals surface area contributed by atoms with Crippen LogP contribution in [0.2, 0.25) is 0 Å². The van der Waals surface area contributed by atoms with Gasteiger partial charge in [-0.05, 0) is 30.5 Å². The van der Waals surface area contributed by atoms with Gasteiger partial charge >= 0.3 is 0 Å². The summed E-state index contributed by atoms with van der Waals surface area (Å²) < 4.78 is 0. The van der Waals surface area contributed by atoms with Gasteiger partial charge in [0.2, 0.25) is 5.91 Å². The van der Waals surface area contributed by atoms with Gasteiger partial charge < -0.3 is 10.0 Å². The summed E-state index contributed by atoms with van der Waals surface area (Å²) in [4.78, 5) is 13.9. The number of aliphatic hydroxyl groups excluding tert-OH is 1. The molecule has 2 atom stereocenters. The second-order valence-electron chi connectivity index (χ2n) is 5.41. The van der Waals surface area contributed by atoms with Gasteiger partial charge in [-0.25, -0.2) is 0 Å². The topological polar surface area (TPSA) is 64.3 Å². The highest BCUT2D eigenvalue weighted by Crippen LogP contribution is 2.23. The summed E-state index contributed by atoms with van der Waals surface area (Å²) >= 11 is 0. The van der Waals surface area contributed by atoms with Crippen LogP contribution >= 0.6 is 0 Å². The molecule has 0 aromatic heterocycles. The van der Waals surface area contributed by atoms with E-state index in [4.69, 9.17) is 5.26 Å². The van der Waals surface area contributed by atoms with Gasteiger partial charge in [-0.15, -0.1) is 0 Å². The van der Waals surface area contributed by atoms with Crippen LogP contribution in [0.5, 0.6) is 0 Å². The lowest BCUT2D eigenvalue weighted by Gasteiger charge is -2.35. The molecular weight excluding hydrogens is 252 g/mol. The molecule has 4 heteroatoms. The Kier molecular flexibility index (Phi) is 4.75. The third-order valence-corrected chi connectivity index (χ3v) is 4.02. The van der Waals surface area contributed by atoms with Crippen LogP contribution < -0.4 is 0 Å². The second kappa shape index (κ2) is 6.53. The number of hydrogen-bond acceptors (Lipinski definition) is 3. The van der Waals surface area contributed by atoms with E-state index < -0.39 is 6.10 Å². The summed E-state index contributed by atoms with van der Waals surface area (Å²) in [6, 6.07) is 9.05. The normalized spacial score (nSPS) is 22.1. The minimum atomic E-state index is -0.404. The van der Waals surface area contributed by atoms with E-state index in [1.165, 1.54) is 0 Å². The number of benzene rings is 1. The first-order chi connectivity index (χ1) is 9.61. The van der Waals surface area contributed by atoms with Crippen LogP contribution in [0.3, 0.4) is 0 Å². The van der Waals surface area contributed by atoms with E-state index in [-0.39, 0.29) is 11.9 Å². The fourth-order valence-corrected chi connectivity index (χ4v) is 2.72. The van der Waals surface area contributed by atoms with Gasteiger partial charge in [-0.2, -0.15) is 5.26 Å². The average molecular weight is 272 g/mol. The Morgan fingerprint density at radius 2 is 2.00 bits per heavy atom. The van der Waals surface area contributed by atoms with Crippen molar-refractivity contribution >= 4 is 5.91 Å². The summed E-state index contributed by atoms with van der Waals surface area (Å²) in [7, 11) is 1.77. The molecule has 1 saturated carbocycles. The van der Waals surface area contributed by atoms with E-state index in [1.807, 2.05) is 12.1 Å². The molecule has 4 nitrogen and oxygen atoms in total. The van der Waals surface area contributed by atoms with Crippen LogP contribution in [0.1, 0.15) is 36.8 Å². The van der Waals surface area contributed by atoms with Gasteiger partial charge in [0.1, 0.15) is 0 Å². The van der Waals surface area contributed by atoms with E-state index in [9.17, 15) is 9.90 Å². The predicted molar refractivity (Wildman–Crippen MR) is 75.9 cm³/mol. The molecule has 1 aliphatic rings. The first-order valence-corrected chi connectivity index (χ1v) is 7.04. The van der Waals surface area contributed by atoms with Crippen LogP contribution in [-0.4, -0.2) is 35.1 Å². The third kappa shape index (κ3) is 3.37. The maximum Gasteiger partial charge on any atom is 0.227 e. The first kappa shape index (κ1) is 14.5. The van der Waals surface area contributed by atoms with Crippen LogP contribution in [0, 0.1) is 11.3 Å². The zero-order valence-electron chi connectivity index (χ0n) is 11.7. The minimum absolute atomic E-state index is 0.0145. The van der Waals surface area contributed by atoms with Crippen LogP contribution in [0.25, 0.3) is 0 Å². The fourth-order valence-electron chi connectivity index (χ4n) is 2.72. The van der Waals surface area contributed by atoms with Crippen molar-refractivity contribution in [2.24, 2.45) is 0 Å². The van der Waals surface area contributed by atoms with Gasteiger partial charge in [-0.1, -0.05) is 25.0 Å². The second-order valence-corrected chi connectivity index (χ2v) is 5.41. The van der Waals surface area contributed by atoms with E-state index in [0.717, 1.165) is 31.2 Å². The zero-order chi connectivity index (χ0) is 14.5. The first-order valence-electron chi connectivity index (χ1n) is 7.04. The van der Waals surface area contributed by atoms with E-state index >= 15 is 0 Å². The Balaban J connectivity index is 1.98. The molecule has 106 valence electrons. The van der Waals surface area contributed by atoms with Gasteiger partial charge in [0.05, 0.1) is 30.2 Å². The quantitative estimate of drug-likeness (QED) is 0.913. The molecule has 0 heterocycles. The highest BCUT2D eigenvalue weighted by Gasteiger charge is 2.29. The molecule has 0 aliphatic heterocycles. The number of likely N-dealkylation sites (N-methyl/N-ethyl adjacent to an activating group) is 1. The highest BCUT2D eigenvalue weighted by molar-refractivity contribution is 5.79. The molecule has 2 rings (SSSR count). The number of carbonyl (C=O) groups is 1. The summed E-state index contributed by atoms with van der Waals surface area (Å²) in [5.41, 5.74) is 1.49. The number of rotatable bonds is 3. The Hall–Kier alpha value is -1.86. The number of carbonyl (C=O) groups excluding carboxylic acids is 1. The molecule has 1 aromatic rings. The lowest BCUT2D eigenvalue weighted by atomic mass is 9.91. The van der Waals surface area contributed by atoms with Crippen molar-refractivity contribution in [1.82, 2.24) is 4.90 Å². The monoisotopic (exact) mass is 272 g/mol. The molecule has 1 aromatic carbocycles. The zero-order valence-corrected chi connectivity index (χ0v) is 11.7. The van der Waals surface area contributed by atoms with Gasteiger partial charge in [-0.3, -0.25) is 4.79 Å². The summed E-state index contributed by atoms with van der Waals surface area (Å²) in [5.74, 6) is 0.0145. The van der Waals surface area contributed by atoms with Crippen LogP contribution in [0.15, 0.2) is 24.3 Å². The fraction of sp³-hybridized carbons (Fsp3) is 0.500. The molecule has 0 radical (unpaired) electrons. The molecule has 1 fully saturated rings. The van der Waals surface area contributed by atoms with Crippen molar-refractivity contribution < 1.29 is 9.90 Å². The molecule has 0 spiro atoms. The molecule has 1 amide bonds. The minimum Gasteiger partial charge on any atom is -0.391 e. The van der Waals surface area contributed by atoms with Gasteiger partial charge in [0.25, 0.3) is 0 Å².